The fraction of sp³-hybridized carbons (Fsp3) is 0.238. The molecule has 28 heavy (non-hydrogen) atoms. The zero-order chi connectivity index (χ0) is 20.3. The molecular weight excluding hydrogens is 356 g/mol. The van der Waals surface area contributed by atoms with Gasteiger partial charge in [0.05, 0.1) is 29.6 Å². The summed E-state index contributed by atoms with van der Waals surface area (Å²) in [7, 11) is 1.30. The van der Waals surface area contributed by atoms with Crippen molar-refractivity contribution >= 4 is 22.7 Å². The van der Waals surface area contributed by atoms with Gasteiger partial charge in [-0.2, -0.15) is 0 Å². The summed E-state index contributed by atoms with van der Waals surface area (Å²) < 4.78 is 4.61. The highest BCUT2D eigenvalue weighted by molar-refractivity contribution is 6.07. The molecule has 1 heterocycles. The number of fused-ring (bicyclic) bond motifs is 1. The molecule has 0 unspecified atom stereocenters. The maximum absolute atomic E-state index is 11.4. The lowest BCUT2D eigenvalue weighted by Crippen LogP contribution is -2.34. The smallest absolute Gasteiger partial charge is 0.407 e. The lowest BCUT2D eigenvalue weighted by Gasteiger charge is -2.15. The topological polar surface area (TPSA) is 108 Å². The number of nitrogens with one attached hydrogen (secondary N) is 2. The Morgan fingerprint density at radius 2 is 2.00 bits per heavy atom. The predicted octanol–water partition coefficient (Wildman–Crippen LogP) is 3.81. The van der Waals surface area contributed by atoms with Crippen LogP contribution in [0.5, 0.6) is 5.75 Å². The second-order valence-corrected chi connectivity index (χ2v) is 6.65. The van der Waals surface area contributed by atoms with Crippen molar-refractivity contribution < 1.29 is 14.6 Å². The van der Waals surface area contributed by atoms with Crippen molar-refractivity contribution in [1.29, 1.82) is 5.41 Å². The molecule has 0 bridgehead atoms. The fourth-order valence-corrected chi connectivity index (χ4v) is 2.97. The first-order valence-corrected chi connectivity index (χ1v) is 8.88. The number of amides is 1. The fourth-order valence-electron chi connectivity index (χ4n) is 2.97. The summed E-state index contributed by atoms with van der Waals surface area (Å²) in [6, 6.07) is 12.3. The molecule has 3 rings (SSSR count). The number of carbonyl (C=O) groups is 1. The molecule has 0 spiro atoms. The molecule has 3 N–H and O–H groups in total. The van der Waals surface area contributed by atoms with Gasteiger partial charge in [0.2, 0.25) is 0 Å². The lowest BCUT2D eigenvalue weighted by atomic mass is 10.0. The summed E-state index contributed by atoms with van der Waals surface area (Å²) in [6.07, 6.45) is -0.270. The van der Waals surface area contributed by atoms with E-state index in [9.17, 15) is 9.90 Å². The Morgan fingerprint density at radius 3 is 2.71 bits per heavy atom. The van der Waals surface area contributed by atoms with E-state index in [-0.39, 0.29) is 23.9 Å². The summed E-state index contributed by atoms with van der Waals surface area (Å²) in [5.74, 6) is 0.428. The third kappa shape index (κ3) is 4.09. The van der Waals surface area contributed by atoms with Crippen molar-refractivity contribution in [3.8, 4) is 17.1 Å². The maximum atomic E-state index is 11.4. The van der Waals surface area contributed by atoms with Crippen LogP contribution in [0.25, 0.3) is 22.3 Å². The monoisotopic (exact) mass is 378 g/mol. The van der Waals surface area contributed by atoms with Gasteiger partial charge in [-0.1, -0.05) is 24.3 Å². The number of rotatable bonds is 5. The highest BCUT2D eigenvalue weighted by Crippen LogP contribution is 2.29. The molecule has 7 heteroatoms. The number of aromatic nitrogens is 2. The van der Waals surface area contributed by atoms with Crippen molar-refractivity contribution in [2.75, 3.05) is 7.11 Å². The van der Waals surface area contributed by atoms with Crippen molar-refractivity contribution in [2.45, 2.75) is 26.3 Å². The molecule has 0 saturated heterocycles. The van der Waals surface area contributed by atoms with Gasteiger partial charge in [-0.15, -0.1) is 0 Å². The Hall–Kier alpha value is -3.48. The van der Waals surface area contributed by atoms with Crippen molar-refractivity contribution in [2.24, 2.45) is 0 Å². The molecule has 1 atom stereocenters. The van der Waals surface area contributed by atoms with E-state index >= 15 is 0 Å². The maximum Gasteiger partial charge on any atom is 0.407 e. The van der Waals surface area contributed by atoms with Gasteiger partial charge in [-0.25, -0.2) is 14.8 Å². The van der Waals surface area contributed by atoms with Crippen LogP contribution >= 0.6 is 0 Å². The van der Waals surface area contributed by atoms with Crippen LogP contribution in [0.2, 0.25) is 0 Å². The Kier molecular flexibility index (Phi) is 5.54. The van der Waals surface area contributed by atoms with Gasteiger partial charge in [-0.3, -0.25) is 0 Å². The summed E-state index contributed by atoms with van der Waals surface area (Å²) in [4.78, 5) is 20.6. The molecule has 0 aliphatic rings. The number of alkyl carbamates (subject to hydrolysis) is 1. The van der Waals surface area contributed by atoms with Crippen LogP contribution in [0.4, 0.5) is 4.79 Å². The van der Waals surface area contributed by atoms with Gasteiger partial charge in [0.15, 0.2) is 5.82 Å². The molecule has 0 aliphatic heterocycles. The van der Waals surface area contributed by atoms with Crippen molar-refractivity contribution in [1.82, 2.24) is 15.3 Å². The number of phenolic OH excluding ortho intramolecular Hbond substituents is 1. The van der Waals surface area contributed by atoms with Crippen LogP contribution in [0, 0.1) is 12.3 Å². The highest BCUT2D eigenvalue weighted by Gasteiger charge is 2.18. The molecule has 0 fully saturated rings. The van der Waals surface area contributed by atoms with Crippen molar-refractivity contribution in [3.63, 3.8) is 0 Å². The number of aromatic hydroxyl groups is 1. The van der Waals surface area contributed by atoms with Gasteiger partial charge in [0, 0.05) is 17.8 Å². The zero-order valence-corrected chi connectivity index (χ0v) is 16.0. The number of aryl methyl sites for hydroxylation is 1. The number of para-hydroxylation sites is 1. The van der Waals surface area contributed by atoms with E-state index in [0.717, 1.165) is 10.9 Å². The average Bonchev–Trinajstić information content (AvgIpc) is 2.66. The van der Waals surface area contributed by atoms with E-state index < -0.39 is 6.09 Å². The number of nitrogens with zero attached hydrogens (tertiary/aromatic N) is 2. The first-order valence-electron chi connectivity index (χ1n) is 8.88. The van der Waals surface area contributed by atoms with E-state index in [2.05, 4.69) is 20.0 Å². The number of carbonyl (C=O) groups excluding carboxylic acids is 1. The summed E-state index contributed by atoms with van der Waals surface area (Å²) in [5.41, 5.74) is 2.97. The molecule has 0 aliphatic carbocycles. The Bertz CT molecular complexity index is 1050. The summed E-state index contributed by atoms with van der Waals surface area (Å²) >= 11 is 0. The second kappa shape index (κ2) is 8.04. The van der Waals surface area contributed by atoms with E-state index in [1.165, 1.54) is 7.11 Å². The van der Waals surface area contributed by atoms with Gasteiger partial charge in [0.1, 0.15) is 5.75 Å². The number of methoxy groups -OCH3 is 1. The molecule has 0 saturated carbocycles. The Labute approximate surface area is 162 Å². The standard InChI is InChI=1S/C21H22N4O3/c1-12-8-9-14-17(10-12)24-20(15-6-4-5-7-18(15)26)25-19(14)16(22)11-13(2)23-21(27)28-3/h4-10,13,22,26H,11H2,1-3H3,(H,23,27)/t13-/m0/s1. The van der Waals surface area contributed by atoms with E-state index in [0.29, 0.717) is 22.6 Å². The predicted molar refractivity (Wildman–Crippen MR) is 108 cm³/mol. The number of hydrogen-bond acceptors (Lipinski definition) is 6. The molecule has 3 aromatic rings. The van der Waals surface area contributed by atoms with Crippen molar-refractivity contribution in [3.05, 3.63) is 53.7 Å². The molecular formula is C21H22N4O3. The second-order valence-electron chi connectivity index (χ2n) is 6.65. The number of phenols is 1. The molecule has 1 amide bonds. The van der Waals surface area contributed by atoms with Crippen LogP contribution in [0.1, 0.15) is 24.6 Å². The highest BCUT2D eigenvalue weighted by atomic mass is 16.5. The molecule has 144 valence electrons. The molecule has 1 aromatic heterocycles. The average molecular weight is 378 g/mol. The van der Waals surface area contributed by atoms with Gasteiger partial charge in [-0.05, 0) is 37.6 Å². The molecule has 2 aromatic carbocycles. The molecule has 0 radical (unpaired) electrons. The zero-order valence-electron chi connectivity index (χ0n) is 16.0. The van der Waals surface area contributed by atoms with Crippen LogP contribution in [0.3, 0.4) is 0 Å². The number of hydrogen-bond donors (Lipinski definition) is 3. The van der Waals surface area contributed by atoms with Gasteiger partial charge >= 0.3 is 6.09 Å². The van der Waals surface area contributed by atoms with E-state index in [1.54, 1.807) is 31.2 Å². The summed E-state index contributed by atoms with van der Waals surface area (Å²) in [5, 5.41) is 22.2. The van der Waals surface area contributed by atoms with Crippen LogP contribution in [0.15, 0.2) is 42.5 Å². The number of benzene rings is 2. The quantitative estimate of drug-likeness (QED) is 0.585. The van der Waals surface area contributed by atoms with Crippen LogP contribution in [-0.2, 0) is 4.74 Å². The minimum atomic E-state index is -0.543. The lowest BCUT2D eigenvalue weighted by molar-refractivity contribution is 0.167. The summed E-state index contributed by atoms with van der Waals surface area (Å²) in [6.45, 7) is 3.76. The van der Waals surface area contributed by atoms with Crippen LogP contribution < -0.4 is 5.32 Å². The minimum Gasteiger partial charge on any atom is -0.507 e. The van der Waals surface area contributed by atoms with E-state index in [1.807, 2.05) is 25.1 Å². The largest absolute Gasteiger partial charge is 0.507 e. The molecule has 7 nitrogen and oxygen atoms in total. The minimum absolute atomic E-state index is 0.0766. The Morgan fingerprint density at radius 1 is 1.25 bits per heavy atom. The first kappa shape index (κ1) is 19.3. The SMILES string of the molecule is COC(=O)N[C@@H](C)CC(=N)c1nc(-c2ccccc2O)nc2cc(C)ccc12. The first-order chi connectivity index (χ1) is 13.4. The normalized spacial score (nSPS) is 11.8. The number of ether oxygens (including phenoxy) is 1. The third-order valence-corrected chi connectivity index (χ3v) is 4.34. The third-order valence-electron chi connectivity index (χ3n) is 4.34. The Balaban J connectivity index is 2.06. The van der Waals surface area contributed by atoms with Gasteiger partial charge < -0.3 is 20.6 Å². The van der Waals surface area contributed by atoms with Gasteiger partial charge in [0.25, 0.3) is 0 Å². The van der Waals surface area contributed by atoms with E-state index in [4.69, 9.17) is 5.41 Å². The van der Waals surface area contributed by atoms with Crippen LogP contribution in [-0.4, -0.2) is 40.0 Å².